The summed E-state index contributed by atoms with van der Waals surface area (Å²) in [5, 5.41) is 3.42. The number of carbonyl (C=O) groups excluding carboxylic acids is 4. The van der Waals surface area contributed by atoms with Gasteiger partial charge in [-0.25, -0.2) is 0 Å². The van der Waals surface area contributed by atoms with Gasteiger partial charge in [-0.1, -0.05) is 56.3 Å². The molecule has 0 spiro atoms. The van der Waals surface area contributed by atoms with Crippen molar-refractivity contribution in [1.29, 1.82) is 0 Å². The van der Waals surface area contributed by atoms with Crippen LogP contribution in [-0.4, -0.2) is 74.0 Å². The van der Waals surface area contributed by atoms with Crippen molar-refractivity contribution in [3.05, 3.63) is 65.1 Å². The molecule has 2 fully saturated rings. The summed E-state index contributed by atoms with van der Waals surface area (Å²) in [6.07, 6.45) is 0.725. The zero-order valence-electron chi connectivity index (χ0n) is 16.6. The van der Waals surface area contributed by atoms with Crippen LogP contribution in [0.1, 0.15) is 37.0 Å². The molecule has 0 amide bonds. The van der Waals surface area contributed by atoms with Gasteiger partial charge in [-0.3, -0.25) is 19.2 Å². The fraction of sp³-hybridized carbons (Fsp3) is 0.304. The van der Waals surface area contributed by atoms with Gasteiger partial charge >= 0.3 is 51.4 Å². The number of benzene rings is 2. The first kappa shape index (κ1) is 24.4. The fourth-order valence-electron chi connectivity index (χ4n) is 5.00. The number of Topliss-reactive ketones (excluding diaryl/α,β-unsaturated/α-hetero) is 2. The van der Waals surface area contributed by atoms with Crippen LogP contribution in [0, 0.1) is 21.7 Å². The van der Waals surface area contributed by atoms with E-state index in [1.54, 1.807) is 56.3 Å². The fourth-order valence-corrected chi connectivity index (χ4v) is 7.44. The molecule has 31 heavy (non-hydrogen) atoms. The number of hydrogen-bond donors (Lipinski definition) is 0. The quantitative estimate of drug-likeness (QED) is 0.216. The van der Waals surface area contributed by atoms with Gasteiger partial charge in [-0.2, -0.15) is 0 Å². The Balaban J connectivity index is 0.00000272. The molecule has 6 nitrogen and oxygen atoms in total. The number of fused-ring (bicyclic) bond motifs is 2. The molecule has 2 bridgehead atoms. The number of carbonyl (C=O) groups is 4. The Kier molecular flexibility index (Phi) is 7.07. The molecule has 2 aliphatic rings. The van der Waals surface area contributed by atoms with Crippen LogP contribution >= 0.6 is 7.92 Å². The van der Waals surface area contributed by atoms with Crippen LogP contribution in [0.2, 0.25) is 0 Å². The number of nitrogens with zero attached hydrogens (tertiary/aromatic N) is 1. The van der Waals surface area contributed by atoms with Crippen molar-refractivity contribution in [1.82, 2.24) is 0 Å². The Labute approximate surface area is 223 Å². The van der Waals surface area contributed by atoms with Crippen LogP contribution in [-0.2, 0) is 14.4 Å². The van der Waals surface area contributed by atoms with Crippen LogP contribution < -0.4 is 5.30 Å². The van der Waals surface area contributed by atoms with Crippen LogP contribution in [0.4, 0.5) is 5.69 Å². The van der Waals surface area contributed by atoms with E-state index in [2.05, 4.69) is 5.18 Å². The van der Waals surface area contributed by atoms with Gasteiger partial charge in [-0.15, -0.1) is 4.91 Å². The summed E-state index contributed by atoms with van der Waals surface area (Å²) in [5.41, 5.74) is -3.38. The first-order valence-corrected chi connectivity index (χ1v) is 11.1. The van der Waals surface area contributed by atoms with Gasteiger partial charge in [0.2, 0.25) is 11.6 Å². The third-order valence-corrected chi connectivity index (χ3v) is 8.98. The average molecular weight is 461 g/mol. The molecular formula is C23H21KNO5P. The Morgan fingerprint density at radius 2 is 1.61 bits per heavy atom. The van der Waals surface area contributed by atoms with Gasteiger partial charge in [0.25, 0.3) is 0 Å². The minimum atomic E-state index is -2.17. The van der Waals surface area contributed by atoms with E-state index in [0.29, 0.717) is 11.7 Å². The molecule has 0 aromatic heterocycles. The molecule has 4 rings (SSSR count). The van der Waals surface area contributed by atoms with E-state index >= 15 is 0 Å². The van der Waals surface area contributed by atoms with E-state index in [9.17, 15) is 24.1 Å². The van der Waals surface area contributed by atoms with Crippen molar-refractivity contribution < 1.29 is 19.2 Å². The summed E-state index contributed by atoms with van der Waals surface area (Å²) in [7, 11) is -2.17. The van der Waals surface area contributed by atoms with Gasteiger partial charge in [0.1, 0.15) is 11.1 Å². The molecule has 0 saturated heterocycles. The van der Waals surface area contributed by atoms with Crippen molar-refractivity contribution in [3.63, 3.8) is 0 Å². The zero-order valence-corrected chi connectivity index (χ0v) is 17.5. The van der Waals surface area contributed by atoms with Crippen molar-refractivity contribution in [2.45, 2.75) is 26.7 Å². The third-order valence-electron chi connectivity index (χ3n) is 6.73. The van der Waals surface area contributed by atoms with Gasteiger partial charge < -0.3 is 0 Å². The van der Waals surface area contributed by atoms with Crippen molar-refractivity contribution in [3.8, 4) is 0 Å². The molecule has 2 aromatic carbocycles. The molecule has 2 saturated carbocycles. The normalized spacial score (nSPS) is 24.4. The molecule has 0 N–H and O–H groups in total. The summed E-state index contributed by atoms with van der Waals surface area (Å²) in [4.78, 5) is 64.5. The van der Waals surface area contributed by atoms with Gasteiger partial charge in [0, 0.05) is 5.92 Å². The van der Waals surface area contributed by atoms with Crippen LogP contribution in [0.3, 0.4) is 0 Å². The average Bonchev–Trinajstić information content (AvgIpc) is 3.11. The molecule has 8 heteroatoms. The summed E-state index contributed by atoms with van der Waals surface area (Å²) in [6.45, 7) is 3.55. The number of nitroso groups, excluding NO2 is 1. The molecule has 2 aliphatic carbocycles. The monoisotopic (exact) mass is 461 g/mol. The van der Waals surface area contributed by atoms with E-state index in [0.717, 1.165) is 0 Å². The van der Waals surface area contributed by atoms with E-state index in [1.807, 2.05) is 0 Å². The van der Waals surface area contributed by atoms with Gasteiger partial charge in [-0.05, 0) is 40.9 Å². The number of hydrogen-bond acceptors (Lipinski definition) is 6. The van der Waals surface area contributed by atoms with Gasteiger partial charge in [0.05, 0.1) is 13.5 Å². The van der Waals surface area contributed by atoms with Crippen LogP contribution in [0.25, 0.3) is 0 Å². The van der Waals surface area contributed by atoms with Crippen molar-refractivity contribution >= 4 is 92.9 Å². The Hall–Kier alpha value is -1.21. The SMILES string of the molecule is CC1(C)C2CCC1(C(=O)P(C(=O)c1ccccc1N=O)c1ccccc1)C(=O)C2=O.[KH]. The van der Waals surface area contributed by atoms with E-state index in [-0.39, 0.29) is 69.1 Å². The number of rotatable bonds is 6. The summed E-state index contributed by atoms with van der Waals surface area (Å²) >= 11 is 0. The first-order chi connectivity index (χ1) is 14.3. The second-order valence-electron chi connectivity index (χ2n) is 8.30. The molecule has 0 heterocycles. The van der Waals surface area contributed by atoms with Crippen molar-refractivity contribution in [2.75, 3.05) is 0 Å². The summed E-state index contributed by atoms with van der Waals surface area (Å²) in [6, 6.07) is 14.6. The van der Waals surface area contributed by atoms with E-state index in [1.165, 1.54) is 12.1 Å². The second-order valence-corrected chi connectivity index (χ2v) is 10.3. The molecule has 3 unspecified atom stereocenters. The predicted molar refractivity (Wildman–Crippen MR) is 120 cm³/mol. The second kappa shape index (κ2) is 8.97. The molecule has 0 radical (unpaired) electrons. The molecular weight excluding hydrogens is 440 g/mol. The predicted octanol–water partition coefficient (Wildman–Crippen LogP) is 3.48. The zero-order chi connectivity index (χ0) is 21.7. The Morgan fingerprint density at radius 3 is 2.19 bits per heavy atom. The third kappa shape index (κ3) is 3.50. The maximum absolute atomic E-state index is 14.0. The maximum atomic E-state index is 14.0. The van der Waals surface area contributed by atoms with E-state index in [4.69, 9.17) is 0 Å². The standard InChI is InChI=1S/C23H20NO5P.K.H/c1-22(2)16-12-13-23(22,19(26)18(16)25)21(28)30(14-8-4-3-5-9-14)20(27)15-10-6-7-11-17(15)24-29;;/h3-11,16H,12-13H2,1-2H3;;. The Bertz CT molecular complexity index is 1100. The van der Waals surface area contributed by atoms with Crippen LogP contribution in [0.15, 0.2) is 59.8 Å². The van der Waals surface area contributed by atoms with Crippen molar-refractivity contribution in [2.24, 2.45) is 21.9 Å². The number of ketones is 2. The van der Waals surface area contributed by atoms with Gasteiger partial charge in [0.15, 0.2) is 11.0 Å². The molecule has 2 aromatic rings. The van der Waals surface area contributed by atoms with Crippen LogP contribution in [0.5, 0.6) is 0 Å². The summed E-state index contributed by atoms with van der Waals surface area (Å²) in [5.74, 6) is -1.68. The topological polar surface area (TPSA) is 97.7 Å². The molecule has 154 valence electrons. The Morgan fingerprint density at radius 1 is 1.00 bits per heavy atom. The summed E-state index contributed by atoms with van der Waals surface area (Å²) < 4.78 is 0. The van der Waals surface area contributed by atoms with E-state index < -0.39 is 47.3 Å². The molecule has 3 atom stereocenters. The minimum absolute atomic E-state index is 0. The molecule has 0 aliphatic heterocycles. The first-order valence-electron chi connectivity index (χ1n) is 9.72.